The highest BCUT2D eigenvalue weighted by atomic mass is 35.5. The molecule has 1 aliphatic heterocycles. The van der Waals surface area contributed by atoms with Gasteiger partial charge in [0.1, 0.15) is 0 Å². The second-order valence-electron chi connectivity index (χ2n) is 7.71. The van der Waals surface area contributed by atoms with E-state index in [1.807, 2.05) is 30.3 Å². The second kappa shape index (κ2) is 10.1. The van der Waals surface area contributed by atoms with E-state index >= 15 is 0 Å². The number of carbonyl (C=O) groups is 1. The molecule has 0 aliphatic carbocycles. The van der Waals surface area contributed by atoms with Gasteiger partial charge in [0, 0.05) is 35.2 Å². The molecule has 30 heavy (non-hydrogen) atoms. The van der Waals surface area contributed by atoms with Gasteiger partial charge in [-0.1, -0.05) is 66.5 Å². The fourth-order valence-electron chi connectivity index (χ4n) is 3.65. The van der Waals surface area contributed by atoms with Crippen molar-refractivity contribution in [2.45, 2.75) is 31.4 Å². The van der Waals surface area contributed by atoms with Crippen molar-refractivity contribution < 1.29 is 13.2 Å². The molecule has 1 saturated heterocycles. The van der Waals surface area contributed by atoms with Crippen LogP contribution >= 0.6 is 23.2 Å². The lowest BCUT2D eigenvalue weighted by molar-refractivity contribution is -0.126. The van der Waals surface area contributed by atoms with Crippen molar-refractivity contribution >= 4 is 39.1 Å². The Morgan fingerprint density at radius 2 is 1.80 bits per heavy atom. The van der Waals surface area contributed by atoms with Gasteiger partial charge in [0.05, 0.1) is 11.7 Å². The Hall–Kier alpha value is -1.60. The maximum absolute atomic E-state index is 13.0. The molecule has 8 heteroatoms. The molecule has 2 atom stereocenters. The number of nitrogens with one attached hydrogen (secondary N) is 1. The molecular formula is C22H26Cl2N2O3S. The summed E-state index contributed by atoms with van der Waals surface area (Å²) in [6.45, 7) is 3.15. The third-order valence-electron chi connectivity index (χ3n) is 5.49. The first kappa shape index (κ1) is 23.1. The average molecular weight is 469 g/mol. The van der Waals surface area contributed by atoms with E-state index in [1.54, 1.807) is 18.2 Å². The molecule has 0 aromatic heterocycles. The van der Waals surface area contributed by atoms with Crippen LogP contribution in [-0.2, 0) is 20.6 Å². The number of nitrogens with zero attached hydrogens (tertiary/aromatic N) is 1. The molecule has 0 radical (unpaired) electrons. The van der Waals surface area contributed by atoms with Gasteiger partial charge in [0.25, 0.3) is 0 Å². The molecule has 0 spiro atoms. The lowest BCUT2D eigenvalue weighted by Crippen LogP contribution is -2.46. The normalized spacial score (nSPS) is 18.7. The highest BCUT2D eigenvalue weighted by molar-refractivity contribution is 7.88. The Balaban J connectivity index is 1.60. The van der Waals surface area contributed by atoms with Crippen molar-refractivity contribution in [2.24, 2.45) is 5.92 Å². The summed E-state index contributed by atoms with van der Waals surface area (Å²) in [4.78, 5) is 12.7. The highest BCUT2D eigenvalue weighted by Crippen LogP contribution is 2.29. The van der Waals surface area contributed by atoms with Crippen molar-refractivity contribution in [1.82, 2.24) is 9.62 Å². The number of amides is 1. The minimum Gasteiger partial charge on any atom is -0.355 e. The molecule has 3 rings (SSSR count). The van der Waals surface area contributed by atoms with Gasteiger partial charge in [-0.05, 0) is 36.5 Å². The molecule has 5 nitrogen and oxygen atoms in total. The summed E-state index contributed by atoms with van der Waals surface area (Å²) in [7, 11) is -3.64. The maximum Gasteiger partial charge on any atom is 0.224 e. The minimum atomic E-state index is -3.64. The van der Waals surface area contributed by atoms with Crippen molar-refractivity contribution in [3.8, 4) is 0 Å². The van der Waals surface area contributed by atoms with Crippen molar-refractivity contribution in [3.63, 3.8) is 0 Å². The predicted octanol–water partition coefficient (Wildman–Crippen LogP) is 4.46. The van der Waals surface area contributed by atoms with E-state index in [1.165, 1.54) is 4.31 Å². The van der Waals surface area contributed by atoms with Crippen LogP contribution in [-0.4, -0.2) is 38.3 Å². The van der Waals surface area contributed by atoms with Crippen molar-refractivity contribution in [1.29, 1.82) is 0 Å². The van der Waals surface area contributed by atoms with Crippen molar-refractivity contribution in [2.75, 3.05) is 19.6 Å². The van der Waals surface area contributed by atoms with Gasteiger partial charge in [0.15, 0.2) is 0 Å². The highest BCUT2D eigenvalue weighted by Gasteiger charge is 2.33. The third-order valence-corrected chi connectivity index (χ3v) is 7.97. The number of hydrogen-bond acceptors (Lipinski definition) is 3. The smallest absolute Gasteiger partial charge is 0.224 e. The Morgan fingerprint density at radius 3 is 2.47 bits per heavy atom. The van der Waals surface area contributed by atoms with Gasteiger partial charge in [-0.2, -0.15) is 0 Å². The maximum atomic E-state index is 13.0. The van der Waals surface area contributed by atoms with Crippen LogP contribution < -0.4 is 5.32 Å². The number of piperidine rings is 1. The predicted molar refractivity (Wildman–Crippen MR) is 121 cm³/mol. The number of benzene rings is 2. The topological polar surface area (TPSA) is 66.5 Å². The molecule has 1 aliphatic rings. The first-order valence-electron chi connectivity index (χ1n) is 10.0. The number of sulfonamides is 1. The van der Waals surface area contributed by atoms with Crippen LogP contribution in [0.4, 0.5) is 0 Å². The van der Waals surface area contributed by atoms with Crippen LogP contribution in [0, 0.1) is 5.92 Å². The van der Waals surface area contributed by atoms with Crippen LogP contribution in [0.3, 0.4) is 0 Å². The third kappa shape index (κ3) is 5.76. The van der Waals surface area contributed by atoms with Gasteiger partial charge in [-0.25, -0.2) is 12.7 Å². The average Bonchev–Trinajstić information content (AvgIpc) is 2.75. The molecule has 0 unspecified atom stereocenters. The summed E-state index contributed by atoms with van der Waals surface area (Å²) in [5.74, 6) is -0.558. The van der Waals surface area contributed by atoms with E-state index in [0.29, 0.717) is 41.5 Å². The van der Waals surface area contributed by atoms with Gasteiger partial charge in [-0.3, -0.25) is 4.79 Å². The zero-order valence-electron chi connectivity index (χ0n) is 16.9. The van der Waals surface area contributed by atoms with E-state index in [2.05, 4.69) is 12.2 Å². The number of halogens is 2. The first-order valence-corrected chi connectivity index (χ1v) is 12.4. The summed E-state index contributed by atoms with van der Waals surface area (Å²) >= 11 is 12.3. The summed E-state index contributed by atoms with van der Waals surface area (Å²) < 4.78 is 27.3. The molecule has 1 fully saturated rings. The molecule has 2 aromatic carbocycles. The van der Waals surface area contributed by atoms with E-state index in [4.69, 9.17) is 23.2 Å². The monoisotopic (exact) mass is 468 g/mol. The van der Waals surface area contributed by atoms with Crippen LogP contribution in [0.5, 0.6) is 0 Å². The Bertz CT molecular complexity index is 963. The number of hydrogen-bond donors (Lipinski definition) is 1. The summed E-state index contributed by atoms with van der Waals surface area (Å²) in [5, 5.41) is 3.64. The summed E-state index contributed by atoms with van der Waals surface area (Å²) in [6.07, 6.45) is 1.31. The molecule has 1 amide bonds. The minimum absolute atomic E-state index is 0.103. The van der Waals surface area contributed by atoms with Crippen LogP contribution in [0.2, 0.25) is 10.0 Å². The lowest BCUT2D eigenvalue weighted by Gasteiger charge is -2.31. The van der Waals surface area contributed by atoms with Gasteiger partial charge >= 0.3 is 0 Å². The number of rotatable bonds is 7. The second-order valence-corrected chi connectivity index (χ2v) is 10.5. The Morgan fingerprint density at radius 1 is 1.13 bits per heavy atom. The first-order chi connectivity index (χ1) is 14.3. The van der Waals surface area contributed by atoms with E-state index < -0.39 is 10.0 Å². The van der Waals surface area contributed by atoms with Crippen LogP contribution in [0.25, 0.3) is 0 Å². The molecule has 1 N–H and O–H groups in total. The van der Waals surface area contributed by atoms with E-state index in [-0.39, 0.29) is 30.0 Å². The van der Waals surface area contributed by atoms with Gasteiger partial charge in [-0.15, -0.1) is 0 Å². The largest absolute Gasteiger partial charge is 0.355 e. The zero-order chi connectivity index (χ0) is 21.7. The standard InChI is InChI=1S/C22H26Cl2N2O3S/c1-16(17-7-3-2-4-8-17)13-25-22(27)18-9-6-12-26(14-18)30(28,29)15-19-20(23)10-5-11-21(19)24/h2-5,7-8,10-11,16,18H,6,9,12-15H2,1H3,(H,25,27)/t16-,18+/m0/s1. The molecule has 162 valence electrons. The van der Waals surface area contributed by atoms with Crippen molar-refractivity contribution in [3.05, 3.63) is 69.7 Å². The fraction of sp³-hybridized carbons (Fsp3) is 0.409. The molecule has 0 saturated carbocycles. The van der Waals surface area contributed by atoms with Crippen LogP contribution in [0.15, 0.2) is 48.5 Å². The van der Waals surface area contributed by atoms with E-state index in [9.17, 15) is 13.2 Å². The van der Waals surface area contributed by atoms with Gasteiger partial charge < -0.3 is 5.32 Å². The zero-order valence-corrected chi connectivity index (χ0v) is 19.2. The SMILES string of the molecule is C[C@@H](CNC(=O)[C@@H]1CCCN(S(=O)(=O)Cc2c(Cl)cccc2Cl)C1)c1ccccc1. The fourth-order valence-corrected chi connectivity index (χ4v) is 6.01. The lowest BCUT2D eigenvalue weighted by atomic mass is 9.97. The Kier molecular flexibility index (Phi) is 7.80. The van der Waals surface area contributed by atoms with E-state index in [0.717, 1.165) is 5.56 Å². The molecule has 0 bridgehead atoms. The summed E-state index contributed by atoms with van der Waals surface area (Å²) in [6, 6.07) is 14.9. The van der Waals surface area contributed by atoms with Crippen LogP contribution in [0.1, 0.15) is 36.8 Å². The number of carbonyl (C=O) groups excluding carboxylic acids is 1. The molecular weight excluding hydrogens is 443 g/mol. The van der Waals surface area contributed by atoms with Gasteiger partial charge in [0.2, 0.25) is 15.9 Å². The molecule has 2 aromatic rings. The quantitative estimate of drug-likeness (QED) is 0.652. The molecule has 1 heterocycles. The Labute approximate surface area is 188 Å². The summed E-state index contributed by atoms with van der Waals surface area (Å²) in [5.41, 5.74) is 1.55.